The maximum Gasteiger partial charge on any atom is 0.365 e. The van der Waals surface area contributed by atoms with Gasteiger partial charge in [0.2, 0.25) is 5.91 Å². The van der Waals surface area contributed by atoms with Crippen molar-refractivity contribution in [1.29, 1.82) is 0 Å². The summed E-state index contributed by atoms with van der Waals surface area (Å²) in [5.74, 6) is -0.558. The minimum Gasteiger partial charge on any atom is -0.326 e. The first kappa shape index (κ1) is 23.0. The van der Waals surface area contributed by atoms with Gasteiger partial charge >= 0.3 is 5.97 Å². The van der Waals surface area contributed by atoms with Crippen LogP contribution in [0.2, 0.25) is 5.02 Å². The number of aryl methyl sites for hydroxylation is 1. The number of anilines is 1. The highest BCUT2D eigenvalue weighted by Gasteiger charge is 2.71. The number of fused-ring (bicyclic) bond motifs is 2. The number of amides is 1. The molecule has 2 aromatic rings. The van der Waals surface area contributed by atoms with E-state index in [9.17, 15) is 9.59 Å². The number of carbonyl (C=O) groups excluding carboxylic acids is 2. The maximum atomic E-state index is 13.6. The third-order valence-corrected chi connectivity index (χ3v) is 8.85. The topological polar surface area (TPSA) is 67.8 Å². The first-order chi connectivity index (χ1) is 15.0. The van der Waals surface area contributed by atoms with Gasteiger partial charge in [0.15, 0.2) is 0 Å². The second-order valence-electron chi connectivity index (χ2n) is 9.56. The SMILES string of the molecule is Cc1ccc(NC(=O)C23CCC(C)(C(=NOC(=O)c4ccc(Br)cc4)C2)C3(C)C)cc1Cl. The van der Waals surface area contributed by atoms with Crippen LogP contribution in [0.15, 0.2) is 52.1 Å². The highest BCUT2D eigenvalue weighted by atomic mass is 79.9. The molecule has 32 heavy (non-hydrogen) atoms. The molecule has 2 bridgehead atoms. The molecule has 2 unspecified atom stereocenters. The third-order valence-electron chi connectivity index (χ3n) is 7.92. The Hall–Kier alpha value is -2.18. The van der Waals surface area contributed by atoms with Gasteiger partial charge < -0.3 is 10.2 Å². The number of oxime groups is 1. The minimum atomic E-state index is -0.637. The molecule has 2 saturated carbocycles. The fraction of sp³-hybridized carbons (Fsp3) is 0.400. The first-order valence-corrected chi connectivity index (χ1v) is 11.8. The minimum absolute atomic E-state index is 0.0458. The van der Waals surface area contributed by atoms with Gasteiger partial charge in [-0.05, 0) is 67.1 Å². The summed E-state index contributed by atoms with van der Waals surface area (Å²) in [5, 5.41) is 7.97. The summed E-state index contributed by atoms with van der Waals surface area (Å²) in [6.07, 6.45) is 2.01. The molecular formula is C25H26BrClN2O3. The van der Waals surface area contributed by atoms with Gasteiger partial charge in [0.25, 0.3) is 0 Å². The van der Waals surface area contributed by atoms with E-state index in [1.54, 1.807) is 30.3 Å². The Bertz CT molecular complexity index is 1130. The van der Waals surface area contributed by atoms with Crippen molar-refractivity contribution >= 4 is 50.8 Å². The molecular weight excluding hydrogens is 492 g/mol. The van der Waals surface area contributed by atoms with Crippen LogP contribution in [0, 0.1) is 23.2 Å². The zero-order valence-corrected chi connectivity index (χ0v) is 20.9. The molecule has 0 radical (unpaired) electrons. The van der Waals surface area contributed by atoms with Crippen LogP contribution in [0.4, 0.5) is 5.69 Å². The molecule has 2 aromatic carbocycles. The summed E-state index contributed by atoms with van der Waals surface area (Å²) in [5.41, 5.74) is 1.49. The number of rotatable bonds is 4. The number of nitrogens with one attached hydrogen (secondary N) is 1. The van der Waals surface area contributed by atoms with Crippen LogP contribution < -0.4 is 5.32 Å². The lowest BCUT2D eigenvalue weighted by molar-refractivity contribution is -0.130. The molecule has 1 amide bonds. The van der Waals surface area contributed by atoms with Crippen molar-refractivity contribution in [3.05, 3.63) is 63.1 Å². The molecule has 0 saturated heterocycles. The second-order valence-corrected chi connectivity index (χ2v) is 10.9. The average Bonchev–Trinajstić information content (AvgIpc) is 3.06. The summed E-state index contributed by atoms with van der Waals surface area (Å²) >= 11 is 9.60. The molecule has 0 spiro atoms. The Labute approximate surface area is 201 Å². The van der Waals surface area contributed by atoms with Crippen molar-refractivity contribution in [3.8, 4) is 0 Å². The van der Waals surface area contributed by atoms with Crippen LogP contribution in [0.1, 0.15) is 56.0 Å². The van der Waals surface area contributed by atoms with E-state index in [0.717, 1.165) is 28.6 Å². The van der Waals surface area contributed by atoms with E-state index in [1.165, 1.54) is 0 Å². The Morgan fingerprint density at radius 3 is 2.44 bits per heavy atom. The summed E-state index contributed by atoms with van der Waals surface area (Å²) in [6.45, 7) is 8.26. The molecule has 0 aliphatic heterocycles. The summed E-state index contributed by atoms with van der Waals surface area (Å²) in [7, 11) is 0. The van der Waals surface area contributed by atoms with E-state index in [1.807, 2.05) is 19.1 Å². The standard InChI is InChI=1S/C25H26BrClN2O3/c1-15-5-10-18(13-19(15)27)28-22(31)25-12-11-24(4,23(25,2)3)20(14-25)29-32-21(30)16-6-8-17(26)9-7-16/h5-10,13H,11-12,14H2,1-4H3,(H,28,31). The number of nitrogens with zero attached hydrogens (tertiary/aromatic N) is 1. The summed E-state index contributed by atoms with van der Waals surface area (Å²) in [4.78, 5) is 31.3. The van der Waals surface area contributed by atoms with Crippen LogP contribution in [0.25, 0.3) is 0 Å². The molecule has 5 nitrogen and oxygen atoms in total. The van der Waals surface area contributed by atoms with Crippen LogP contribution in [0.5, 0.6) is 0 Å². The number of hydrogen-bond acceptors (Lipinski definition) is 4. The van der Waals surface area contributed by atoms with E-state index in [4.69, 9.17) is 16.4 Å². The molecule has 2 atom stereocenters. The lowest BCUT2D eigenvalue weighted by Gasteiger charge is -2.39. The molecule has 168 valence electrons. The van der Waals surface area contributed by atoms with Crippen LogP contribution in [0.3, 0.4) is 0 Å². The maximum absolute atomic E-state index is 13.6. The number of benzene rings is 2. The zero-order chi connectivity index (χ0) is 23.3. The Balaban J connectivity index is 1.58. The van der Waals surface area contributed by atoms with Crippen LogP contribution in [-0.4, -0.2) is 17.6 Å². The number of hydrogen-bond donors (Lipinski definition) is 1. The van der Waals surface area contributed by atoms with E-state index < -0.39 is 11.4 Å². The molecule has 1 N–H and O–H groups in total. The fourth-order valence-corrected chi connectivity index (χ4v) is 5.62. The van der Waals surface area contributed by atoms with Crippen molar-refractivity contribution in [1.82, 2.24) is 0 Å². The number of carbonyl (C=O) groups is 2. The van der Waals surface area contributed by atoms with Crippen LogP contribution in [-0.2, 0) is 9.63 Å². The average molecular weight is 518 g/mol. The van der Waals surface area contributed by atoms with Crippen molar-refractivity contribution in [2.75, 3.05) is 5.32 Å². The number of halogens is 2. The zero-order valence-electron chi connectivity index (χ0n) is 18.6. The predicted molar refractivity (Wildman–Crippen MR) is 130 cm³/mol. The van der Waals surface area contributed by atoms with E-state index in [-0.39, 0.29) is 16.7 Å². The largest absolute Gasteiger partial charge is 0.365 e. The highest BCUT2D eigenvalue weighted by Crippen LogP contribution is 2.71. The monoisotopic (exact) mass is 516 g/mol. The van der Waals surface area contributed by atoms with Gasteiger partial charge in [-0.15, -0.1) is 0 Å². The molecule has 7 heteroatoms. The fourth-order valence-electron chi connectivity index (χ4n) is 5.18. The van der Waals surface area contributed by atoms with Gasteiger partial charge in [0.05, 0.1) is 16.7 Å². The molecule has 4 rings (SSSR count). The van der Waals surface area contributed by atoms with E-state index in [0.29, 0.717) is 22.7 Å². The third kappa shape index (κ3) is 3.48. The van der Waals surface area contributed by atoms with E-state index in [2.05, 4.69) is 47.2 Å². The first-order valence-electron chi connectivity index (χ1n) is 10.6. The molecule has 2 aliphatic rings. The molecule has 0 aromatic heterocycles. The van der Waals surface area contributed by atoms with Gasteiger partial charge in [-0.3, -0.25) is 4.79 Å². The predicted octanol–water partition coefficient (Wildman–Crippen LogP) is 6.78. The van der Waals surface area contributed by atoms with Crippen molar-refractivity contribution in [3.63, 3.8) is 0 Å². The lowest BCUT2D eigenvalue weighted by atomic mass is 9.64. The van der Waals surface area contributed by atoms with Gasteiger partial charge in [-0.1, -0.05) is 59.5 Å². The van der Waals surface area contributed by atoms with Gasteiger partial charge in [-0.2, -0.15) is 0 Å². The Kier molecular flexibility index (Phi) is 5.74. The second kappa shape index (κ2) is 7.99. The Morgan fingerprint density at radius 2 is 1.78 bits per heavy atom. The summed E-state index contributed by atoms with van der Waals surface area (Å²) < 4.78 is 0.880. The summed E-state index contributed by atoms with van der Waals surface area (Å²) in [6, 6.07) is 12.5. The van der Waals surface area contributed by atoms with Gasteiger partial charge in [-0.25, -0.2) is 4.79 Å². The van der Waals surface area contributed by atoms with Gasteiger partial charge in [0, 0.05) is 27.0 Å². The normalized spacial score (nSPS) is 26.9. The van der Waals surface area contributed by atoms with E-state index >= 15 is 0 Å². The highest BCUT2D eigenvalue weighted by molar-refractivity contribution is 9.10. The van der Waals surface area contributed by atoms with Crippen molar-refractivity contribution in [2.45, 2.75) is 47.0 Å². The molecule has 0 heterocycles. The Morgan fingerprint density at radius 1 is 1.09 bits per heavy atom. The lowest BCUT2D eigenvalue weighted by Crippen LogP contribution is -2.43. The van der Waals surface area contributed by atoms with Crippen molar-refractivity contribution in [2.24, 2.45) is 21.4 Å². The molecule has 2 fully saturated rings. The molecule has 2 aliphatic carbocycles. The quantitative estimate of drug-likeness (QED) is 0.359. The van der Waals surface area contributed by atoms with Crippen molar-refractivity contribution < 1.29 is 14.4 Å². The van der Waals surface area contributed by atoms with Gasteiger partial charge in [0.1, 0.15) is 0 Å². The smallest absolute Gasteiger partial charge is 0.326 e. The van der Waals surface area contributed by atoms with Crippen LogP contribution >= 0.6 is 27.5 Å².